The molecule has 0 atom stereocenters. The van der Waals surface area contributed by atoms with Gasteiger partial charge in [-0.05, 0) is 36.8 Å². The minimum absolute atomic E-state index is 0.260. The molecule has 7 heteroatoms. The van der Waals surface area contributed by atoms with E-state index in [1.54, 1.807) is 0 Å². The van der Waals surface area contributed by atoms with Crippen LogP contribution in [0, 0.1) is 0 Å². The zero-order valence-electron chi connectivity index (χ0n) is 16.3. The zero-order valence-corrected chi connectivity index (χ0v) is 17.1. The number of pyridine rings is 1. The third kappa shape index (κ3) is 3.13. The Balaban J connectivity index is 1.53. The van der Waals surface area contributed by atoms with Gasteiger partial charge in [-0.15, -0.1) is 11.3 Å². The number of nitrogen functional groups attached to an aromatic ring is 1. The van der Waals surface area contributed by atoms with Gasteiger partial charge in [-0.1, -0.05) is 24.3 Å². The fourth-order valence-corrected chi connectivity index (χ4v) is 4.44. The number of benzene rings is 2. The van der Waals surface area contributed by atoms with E-state index in [-0.39, 0.29) is 5.91 Å². The van der Waals surface area contributed by atoms with Crippen LogP contribution in [0.5, 0.6) is 11.5 Å². The molecule has 0 spiro atoms. The predicted molar refractivity (Wildman–Crippen MR) is 122 cm³/mol. The van der Waals surface area contributed by atoms with Gasteiger partial charge in [0.1, 0.15) is 22.9 Å². The molecule has 1 aliphatic heterocycles. The summed E-state index contributed by atoms with van der Waals surface area (Å²) in [5, 5.41) is 4.57. The van der Waals surface area contributed by atoms with Crippen LogP contribution < -0.4 is 20.5 Å². The lowest BCUT2D eigenvalue weighted by atomic mass is 10.1. The summed E-state index contributed by atoms with van der Waals surface area (Å²) in [7, 11) is 0. The molecule has 0 unspecified atom stereocenters. The van der Waals surface area contributed by atoms with Crippen LogP contribution in [0.3, 0.4) is 0 Å². The van der Waals surface area contributed by atoms with Gasteiger partial charge in [-0.3, -0.25) is 4.79 Å². The average Bonchev–Trinajstić information content (AvgIpc) is 3.06. The second-order valence-corrected chi connectivity index (χ2v) is 8.19. The van der Waals surface area contributed by atoms with Gasteiger partial charge in [0.15, 0.2) is 11.5 Å². The number of hydrogen-bond donors (Lipinski definition) is 2. The highest BCUT2D eigenvalue weighted by molar-refractivity contribution is 7.21. The SMILES string of the molecule is C=C(C)c1cccc(NC(=O)c2sc3nc4cc5c(cc4cc3c2N)OCCO5)c1. The Labute approximate surface area is 176 Å². The highest BCUT2D eigenvalue weighted by Crippen LogP contribution is 2.39. The number of allylic oxidation sites excluding steroid dienone is 1. The second-order valence-electron chi connectivity index (χ2n) is 7.19. The monoisotopic (exact) mass is 417 g/mol. The Morgan fingerprint density at radius 2 is 1.93 bits per heavy atom. The predicted octanol–water partition coefficient (Wildman–Crippen LogP) is 5.09. The number of nitrogens with two attached hydrogens (primary N) is 1. The lowest BCUT2D eigenvalue weighted by Crippen LogP contribution is -2.15. The number of aromatic nitrogens is 1. The molecule has 2 aromatic heterocycles. The van der Waals surface area contributed by atoms with Crippen molar-refractivity contribution in [3.63, 3.8) is 0 Å². The molecule has 4 aromatic rings. The Bertz CT molecular complexity index is 1340. The van der Waals surface area contributed by atoms with Gasteiger partial charge in [0.2, 0.25) is 0 Å². The molecule has 0 fully saturated rings. The van der Waals surface area contributed by atoms with Crippen molar-refractivity contribution in [1.82, 2.24) is 4.98 Å². The third-order valence-corrected chi connectivity index (χ3v) is 6.11. The van der Waals surface area contributed by atoms with E-state index in [0.717, 1.165) is 27.4 Å². The van der Waals surface area contributed by atoms with Gasteiger partial charge >= 0.3 is 0 Å². The number of thiophene rings is 1. The lowest BCUT2D eigenvalue weighted by molar-refractivity contribution is 0.103. The summed E-state index contributed by atoms with van der Waals surface area (Å²) in [4.78, 5) is 18.8. The van der Waals surface area contributed by atoms with Crippen LogP contribution in [0.2, 0.25) is 0 Å². The summed E-state index contributed by atoms with van der Waals surface area (Å²) in [6.45, 7) is 6.91. The third-order valence-electron chi connectivity index (χ3n) is 5.00. The van der Waals surface area contributed by atoms with Crippen LogP contribution in [0.1, 0.15) is 22.2 Å². The number of ether oxygens (including phenoxy) is 2. The first kappa shape index (κ1) is 18.4. The van der Waals surface area contributed by atoms with Gasteiger partial charge in [0, 0.05) is 22.5 Å². The largest absolute Gasteiger partial charge is 0.486 e. The Morgan fingerprint density at radius 3 is 2.70 bits per heavy atom. The number of carbonyl (C=O) groups is 1. The number of amides is 1. The molecule has 1 amide bonds. The number of nitrogens with zero attached hydrogens (tertiary/aromatic N) is 1. The zero-order chi connectivity index (χ0) is 20.8. The minimum atomic E-state index is -0.260. The van der Waals surface area contributed by atoms with E-state index in [0.29, 0.717) is 45.8 Å². The molecule has 6 nitrogen and oxygen atoms in total. The Kier molecular flexibility index (Phi) is 4.33. The van der Waals surface area contributed by atoms with E-state index >= 15 is 0 Å². The van der Waals surface area contributed by atoms with Crippen molar-refractivity contribution < 1.29 is 14.3 Å². The van der Waals surface area contributed by atoms with Crippen molar-refractivity contribution in [2.45, 2.75) is 6.92 Å². The molecule has 5 rings (SSSR count). The molecule has 2 aromatic carbocycles. The van der Waals surface area contributed by atoms with E-state index in [9.17, 15) is 4.79 Å². The second kappa shape index (κ2) is 7.03. The lowest BCUT2D eigenvalue weighted by Gasteiger charge is -2.18. The van der Waals surface area contributed by atoms with Crippen molar-refractivity contribution in [3.05, 3.63) is 59.5 Å². The van der Waals surface area contributed by atoms with Crippen molar-refractivity contribution in [2.24, 2.45) is 0 Å². The van der Waals surface area contributed by atoms with Gasteiger partial charge in [0.05, 0.1) is 11.2 Å². The average molecular weight is 417 g/mol. The number of rotatable bonds is 3. The van der Waals surface area contributed by atoms with E-state index in [4.69, 9.17) is 20.2 Å². The standard InChI is InChI=1S/C23H19N3O3S/c1-12(2)13-4-3-5-15(8-13)25-22(27)21-20(24)16-9-14-10-18-19(29-7-6-28-18)11-17(14)26-23(16)30-21/h3-5,8-11H,1,6-7,24H2,2H3,(H,25,27). The number of nitrogens with one attached hydrogen (secondary N) is 1. The quantitative estimate of drug-likeness (QED) is 0.485. The summed E-state index contributed by atoms with van der Waals surface area (Å²) in [5.74, 6) is 1.11. The molecule has 0 saturated carbocycles. The van der Waals surface area contributed by atoms with Crippen LogP contribution in [0.4, 0.5) is 11.4 Å². The van der Waals surface area contributed by atoms with Crippen LogP contribution in [0.15, 0.2) is 49.0 Å². The first-order valence-electron chi connectivity index (χ1n) is 9.49. The smallest absolute Gasteiger partial charge is 0.267 e. The number of fused-ring (bicyclic) bond motifs is 3. The molecule has 0 saturated heterocycles. The summed E-state index contributed by atoms with van der Waals surface area (Å²) < 4.78 is 11.3. The molecular formula is C23H19N3O3S. The molecule has 3 N–H and O–H groups in total. The van der Waals surface area contributed by atoms with Crippen molar-refractivity contribution in [2.75, 3.05) is 24.3 Å². The molecular weight excluding hydrogens is 398 g/mol. The fourth-order valence-electron chi connectivity index (χ4n) is 3.46. The minimum Gasteiger partial charge on any atom is -0.486 e. The molecule has 1 aliphatic rings. The fraction of sp³-hybridized carbons (Fsp3) is 0.130. The number of hydrogen-bond acceptors (Lipinski definition) is 6. The van der Waals surface area contributed by atoms with E-state index in [1.807, 2.05) is 49.4 Å². The molecule has 150 valence electrons. The van der Waals surface area contributed by atoms with Crippen molar-refractivity contribution in [1.29, 1.82) is 0 Å². The first-order chi connectivity index (χ1) is 14.5. The van der Waals surface area contributed by atoms with Crippen LogP contribution in [-0.2, 0) is 0 Å². The normalized spacial score (nSPS) is 12.8. The van der Waals surface area contributed by atoms with Gasteiger partial charge in [0.25, 0.3) is 5.91 Å². The van der Waals surface area contributed by atoms with E-state index in [1.165, 1.54) is 11.3 Å². The molecule has 30 heavy (non-hydrogen) atoms. The summed E-state index contributed by atoms with van der Waals surface area (Å²) >= 11 is 1.28. The van der Waals surface area contributed by atoms with Gasteiger partial charge < -0.3 is 20.5 Å². The van der Waals surface area contributed by atoms with Crippen molar-refractivity contribution in [3.8, 4) is 11.5 Å². The van der Waals surface area contributed by atoms with Crippen LogP contribution in [0.25, 0.3) is 26.7 Å². The topological polar surface area (TPSA) is 86.5 Å². The first-order valence-corrected chi connectivity index (χ1v) is 10.3. The highest BCUT2D eigenvalue weighted by Gasteiger charge is 2.20. The molecule has 0 radical (unpaired) electrons. The van der Waals surface area contributed by atoms with Gasteiger partial charge in [-0.2, -0.15) is 0 Å². The summed E-state index contributed by atoms with van der Waals surface area (Å²) in [6, 6.07) is 13.3. The Hall–Kier alpha value is -3.58. The maximum absolute atomic E-state index is 12.9. The molecule has 0 aliphatic carbocycles. The number of carbonyl (C=O) groups excluding carboxylic acids is 1. The Morgan fingerprint density at radius 1 is 1.17 bits per heavy atom. The van der Waals surface area contributed by atoms with E-state index < -0.39 is 0 Å². The maximum Gasteiger partial charge on any atom is 0.267 e. The maximum atomic E-state index is 12.9. The summed E-state index contributed by atoms with van der Waals surface area (Å²) in [5.41, 5.74) is 10.1. The highest BCUT2D eigenvalue weighted by atomic mass is 32.1. The van der Waals surface area contributed by atoms with Crippen LogP contribution in [-0.4, -0.2) is 24.1 Å². The molecule has 0 bridgehead atoms. The number of anilines is 2. The van der Waals surface area contributed by atoms with Crippen molar-refractivity contribution >= 4 is 55.3 Å². The van der Waals surface area contributed by atoms with E-state index in [2.05, 4.69) is 11.9 Å². The molecule has 3 heterocycles. The van der Waals surface area contributed by atoms with Gasteiger partial charge in [-0.25, -0.2) is 4.98 Å². The summed E-state index contributed by atoms with van der Waals surface area (Å²) in [6.07, 6.45) is 0. The van der Waals surface area contributed by atoms with Crippen LogP contribution >= 0.6 is 11.3 Å².